The van der Waals surface area contributed by atoms with Crippen molar-refractivity contribution in [3.63, 3.8) is 0 Å². The Bertz CT molecular complexity index is 817. The highest BCUT2D eigenvalue weighted by atomic mass is 16.5. The summed E-state index contributed by atoms with van der Waals surface area (Å²) in [6, 6.07) is 0. The number of rotatable bonds is 2. The first-order chi connectivity index (χ1) is 15.5. The standard InChI is InChI=1S/C30H52O4/c1-25(2)20-10-15-28(6)21(27(20,5)13-11-22(25)32)17-19(31)24-18(9-14-29(24,28)7)30(8)16-12-23(34-30)26(3,4)33/h18-24,31-33H,9-17H2,1-8H3/t18-,19-,20+,21-,22-,23-,24-,27+,28-,29-,30+/m1/s1. The first-order valence-electron chi connectivity index (χ1n) is 14.3. The number of aliphatic hydroxyl groups is 3. The van der Waals surface area contributed by atoms with Crippen molar-refractivity contribution in [1.82, 2.24) is 0 Å². The topological polar surface area (TPSA) is 69.9 Å². The Morgan fingerprint density at radius 1 is 0.765 bits per heavy atom. The lowest BCUT2D eigenvalue weighted by molar-refractivity contribution is -0.248. The highest BCUT2D eigenvalue weighted by molar-refractivity contribution is 5.20. The molecule has 34 heavy (non-hydrogen) atoms. The summed E-state index contributed by atoms with van der Waals surface area (Å²) in [4.78, 5) is 0. The van der Waals surface area contributed by atoms with Crippen molar-refractivity contribution in [3.05, 3.63) is 0 Å². The van der Waals surface area contributed by atoms with E-state index in [4.69, 9.17) is 4.74 Å². The van der Waals surface area contributed by atoms with Crippen molar-refractivity contribution in [3.8, 4) is 0 Å². The maximum atomic E-state index is 11.9. The van der Waals surface area contributed by atoms with E-state index in [1.807, 2.05) is 13.8 Å². The fourth-order valence-electron chi connectivity index (χ4n) is 11.1. The second kappa shape index (κ2) is 7.45. The van der Waals surface area contributed by atoms with Crippen LogP contribution in [-0.2, 0) is 4.74 Å². The fourth-order valence-corrected chi connectivity index (χ4v) is 11.1. The summed E-state index contributed by atoms with van der Waals surface area (Å²) in [7, 11) is 0. The molecule has 5 fully saturated rings. The van der Waals surface area contributed by atoms with Gasteiger partial charge in [-0.1, -0.05) is 34.6 Å². The fraction of sp³-hybridized carbons (Fsp3) is 1.00. The maximum Gasteiger partial charge on any atom is 0.0865 e. The lowest BCUT2D eigenvalue weighted by atomic mass is 9.35. The molecule has 1 aliphatic heterocycles. The first-order valence-corrected chi connectivity index (χ1v) is 14.3. The number of hydrogen-bond acceptors (Lipinski definition) is 4. The predicted molar refractivity (Wildman–Crippen MR) is 135 cm³/mol. The van der Waals surface area contributed by atoms with Crippen LogP contribution in [0.5, 0.6) is 0 Å². The van der Waals surface area contributed by atoms with Crippen LogP contribution in [0.4, 0.5) is 0 Å². The van der Waals surface area contributed by atoms with Gasteiger partial charge in [0.25, 0.3) is 0 Å². The summed E-state index contributed by atoms with van der Waals surface area (Å²) in [5.41, 5.74) is -0.703. The Morgan fingerprint density at radius 3 is 2.03 bits per heavy atom. The molecule has 4 heteroatoms. The summed E-state index contributed by atoms with van der Waals surface area (Å²) < 4.78 is 6.66. The molecule has 0 bridgehead atoms. The maximum absolute atomic E-state index is 11.9. The Labute approximate surface area is 208 Å². The van der Waals surface area contributed by atoms with Crippen LogP contribution < -0.4 is 0 Å². The third-order valence-corrected chi connectivity index (χ3v) is 13.3. The van der Waals surface area contributed by atoms with E-state index in [1.165, 1.54) is 12.8 Å². The van der Waals surface area contributed by atoms with E-state index in [9.17, 15) is 15.3 Å². The zero-order chi connectivity index (χ0) is 25.1. The lowest BCUT2D eigenvalue weighted by Crippen LogP contribution is -2.66. The summed E-state index contributed by atoms with van der Waals surface area (Å²) in [6.45, 7) is 18.1. The van der Waals surface area contributed by atoms with Crippen molar-refractivity contribution in [2.75, 3.05) is 0 Å². The van der Waals surface area contributed by atoms with Crippen molar-refractivity contribution in [2.45, 2.75) is 143 Å². The summed E-state index contributed by atoms with van der Waals surface area (Å²) in [6.07, 6.45) is 8.72. The molecule has 1 heterocycles. The van der Waals surface area contributed by atoms with Gasteiger partial charge >= 0.3 is 0 Å². The third kappa shape index (κ3) is 3.16. The van der Waals surface area contributed by atoms with E-state index < -0.39 is 5.60 Å². The van der Waals surface area contributed by atoms with Crippen LogP contribution in [-0.4, -0.2) is 44.8 Å². The molecule has 196 valence electrons. The zero-order valence-corrected chi connectivity index (χ0v) is 23.2. The molecule has 0 unspecified atom stereocenters. The van der Waals surface area contributed by atoms with Gasteiger partial charge in [0.2, 0.25) is 0 Å². The van der Waals surface area contributed by atoms with Crippen LogP contribution in [0.25, 0.3) is 0 Å². The van der Waals surface area contributed by atoms with Gasteiger partial charge in [-0.15, -0.1) is 0 Å². The van der Waals surface area contributed by atoms with Crippen LogP contribution in [0.15, 0.2) is 0 Å². The minimum absolute atomic E-state index is 0.0630. The number of fused-ring (bicyclic) bond motifs is 5. The van der Waals surface area contributed by atoms with Gasteiger partial charge in [-0.3, -0.25) is 0 Å². The summed E-state index contributed by atoms with van der Waals surface area (Å²) in [5, 5.41) is 33.4. The van der Waals surface area contributed by atoms with E-state index >= 15 is 0 Å². The summed E-state index contributed by atoms with van der Waals surface area (Å²) >= 11 is 0. The number of hydrogen-bond donors (Lipinski definition) is 3. The first kappa shape index (κ1) is 25.5. The quantitative estimate of drug-likeness (QED) is 0.477. The van der Waals surface area contributed by atoms with E-state index in [1.54, 1.807) is 0 Å². The van der Waals surface area contributed by atoms with Gasteiger partial charge < -0.3 is 20.1 Å². The van der Waals surface area contributed by atoms with Crippen LogP contribution in [0.2, 0.25) is 0 Å². The van der Waals surface area contributed by atoms with Gasteiger partial charge in [-0.2, -0.15) is 0 Å². The van der Waals surface area contributed by atoms with Crippen molar-refractivity contribution >= 4 is 0 Å². The molecule has 5 rings (SSSR count). The third-order valence-electron chi connectivity index (χ3n) is 13.3. The monoisotopic (exact) mass is 476 g/mol. The highest BCUT2D eigenvalue weighted by Crippen LogP contribution is 2.76. The molecule has 5 aliphatic rings. The van der Waals surface area contributed by atoms with Gasteiger partial charge in [0, 0.05) is 0 Å². The normalized spacial score (nSPS) is 57.1. The average Bonchev–Trinajstić information content (AvgIpc) is 3.30. The van der Waals surface area contributed by atoms with Crippen molar-refractivity contribution < 1.29 is 20.1 Å². The van der Waals surface area contributed by atoms with Gasteiger partial charge in [0.05, 0.1) is 29.5 Å². The molecular formula is C30H52O4. The molecule has 11 atom stereocenters. The minimum atomic E-state index is -0.826. The van der Waals surface area contributed by atoms with E-state index in [2.05, 4.69) is 41.5 Å². The Balaban J connectivity index is 1.48. The van der Waals surface area contributed by atoms with Gasteiger partial charge in [0.1, 0.15) is 0 Å². The molecule has 4 aliphatic carbocycles. The summed E-state index contributed by atoms with van der Waals surface area (Å²) in [5.74, 6) is 1.59. The Hall–Kier alpha value is -0.160. The molecule has 1 saturated heterocycles. The van der Waals surface area contributed by atoms with Crippen LogP contribution in [0.3, 0.4) is 0 Å². The van der Waals surface area contributed by atoms with Gasteiger partial charge in [0.15, 0.2) is 0 Å². The Morgan fingerprint density at radius 2 is 1.41 bits per heavy atom. The molecule has 0 amide bonds. The largest absolute Gasteiger partial charge is 0.393 e. The molecule has 4 nitrogen and oxygen atoms in total. The molecule has 4 saturated carbocycles. The molecule has 0 aromatic rings. The average molecular weight is 477 g/mol. The predicted octanol–water partition coefficient (Wildman–Crippen LogP) is 5.71. The second-order valence-corrected chi connectivity index (χ2v) is 15.4. The molecule has 3 N–H and O–H groups in total. The SMILES string of the molecule is CC(C)(O)[C@H]1CC[C@@](C)([C@@H]2CC[C@]3(C)[C@H]2[C@H](O)C[C@@H]2[C@@]4(C)CC[C@@H](O)C(C)(C)[C@@H]4CC[C@]23C)O1. The van der Waals surface area contributed by atoms with Gasteiger partial charge in [-0.05, 0) is 124 Å². The lowest BCUT2D eigenvalue weighted by Gasteiger charge is -2.70. The smallest absolute Gasteiger partial charge is 0.0865 e. The van der Waals surface area contributed by atoms with E-state index in [0.717, 1.165) is 44.9 Å². The minimum Gasteiger partial charge on any atom is -0.393 e. The van der Waals surface area contributed by atoms with Crippen LogP contribution in [0, 0.1) is 45.3 Å². The van der Waals surface area contributed by atoms with E-state index in [-0.39, 0.29) is 51.5 Å². The Kier molecular flexibility index (Phi) is 5.59. The van der Waals surface area contributed by atoms with Crippen LogP contribution in [0.1, 0.15) is 113 Å². The molecule has 0 aromatic carbocycles. The number of ether oxygens (including phenoxy) is 1. The van der Waals surface area contributed by atoms with E-state index in [0.29, 0.717) is 17.8 Å². The van der Waals surface area contributed by atoms with Crippen molar-refractivity contribution in [2.24, 2.45) is 45.3 Å². The van der Waals surface area contributed by atoms with Crippen molar-refractivity contribution in [1.29, 1.82) is 0 Å². The van der Waals surface area contributed by atoms with Crippen LogP contribution >= 0.6 is 0 Å². The molecule has 0 spiro atoms. The molecule has 0 aromatic heterocycles. The molecular weight excluding hydrogens is 424 g/mol. The number of aliphatic hydroxyl groups excluding tert-OH is 2. The zero-order valence-electron chi connectivity index (χ0n) is 23.2. The second-order valence-electron chi connectivity index (χ2n) is 15.4. The van der Waals surface area contributed by atoms with Gasteiger partial charge in [-0.25, -0.2) is 0 Å². The molecule has 0 radical (unpaired) electrons. The highest BCUT2D eigenvalue weighted by Gasteiger charge is 2.71.